The normalized spacial score (nSPS) is 11.2. The highest BCUT2D eigenvalue weighted by atomic mass is 79.9. The van der Waals surface area contributed by atoms with E-state index in [1.165, 1.54) is 12.1 Å². The van der Waals surface area contributed by atoms with E-state index < -0.39 is 11.2 Å². The summed E-state index contributed by atoms with van der Waals surface area (Å²) >= 11 is 3.34. The Morgan fingerprint density at radius 2 is 1.96 bits per heavy atom. The summed E-state index contributed by atoms with van der Waals surface area (Å²) in [6.45, 7) is 0. The van der Waals surface area contributed by atoms with E-state index in [-0.39, 0.29) is 17.0 Å². The molecule has 118 valence electrons. The minimum absolute atomic E-state index is 0.234. The Morgan fingerprint density at radius 3 is 2.79 bits per heavy atom. The van der Waals surface area contributed by atoms with Crippen LogP contribution in [0.2, 0.25) is 0 Å². The molecule has 0 aliphatic carbocycles. The van der Waals surface area contributed by atoms with E-state index >= 15 is 0 Å². The van der Waals surface area contributed by atoms with Crippen LogP contribution in [0.3, 0.4) is 0 Å². The molecule has 1 aromatic carbocycles. The molecular formula is C16H9BrN4O3. The maximum atomic E-state index is 12.8. The fourth-order valence-electron chi connectivity index (χ4n) is 2.60. The maximum Gasteiger partial charge on any atom is 0.326 e. The highest BCUT2D eigenvalue weighted by Gasteiger charge is 2.18. The van der Waals surface area contributed by atoms with E-state index in [2.05, 4.69) is 30.9 Å². The number of pyridine rings is 1. The van der Waals surface area contributed by atoms with Gasteiger partial charge in [0.2, 0.25) is 5.78 Å². The van der Waals surface area contributed by atoms with E-state index in [1.807, 2.05) is 12.1 Å². The minimum Gasteiger partial charge on any atom is -0.307 e. The Balaban J connectivity index is 1.92. The summed E-state index contributed by atoms with van der Waals surface area (Å²) in [5.74, 6) is -0.0907. The number of imidazole rings is 1. The molecule has 4 rings (SSSR count). The third-order valence-electron chi connectivity index (χ3n) is 3.71. The molecule has 0 aliphatic heterocycles. The van der Waals surface area contributed by atoms with Gasteiger partial charge in [0.05, 0.1) is 16.4 Å². The van der Waals surface area contributed by atoms with Crippen molar-refractivity contribution in [3.63, 3.8) is 0 Å². The standard InChI is InChI=1S/C16H9BrN4O3/c17-13-11-3-1-2-6-21(11)14(19-13)12(22)8-4-5-10-9(7-8)15(23)20-16(24)18-10/h1-7H,(H2,18,20,23,24). The van der Waals surface area contributed by atoms with Crippen molar-refractivity contribution in [3.8, 4) is 0 Å². The average Bonchev–Trinajstić information content (AvgIpc) is 2.91. The van der Waals surface area contributed by atoms with Crippen LogP contribution in [-0.4, -0.2) is 25.1 Å². The van der Waals surface area contributed by atoms with Gasteiger partial charge in [-0.3, -0.25) is 19.0 Å². The van der Waals surface area contributed by atoms with Crippen LogP contribution >= 0.6 is 15.9 Å². The van der Waals surface area contributed by atoms with E-state index in [0.29, 0.717) is 15.7 Å². The average molecular weight is 385 g/mol. The summed E-state index contributed by atoms with van der Waals surface area (Å²) in [7, 11) is 0. The number of benzene rings is 1. The van der Waals surface area contributed by atoms with Gasteiger partial charge in [-0.2, -0.15) is 0 Å². The molecule has 8 heteroatoms. The monoisotopic (exact) mass is 384 g/mol. The smallest absolute Gasteiger partial charge is 0.307 e. The summed E-state index contributed by atoms with van der Waals surface area (Å²) in [5, 5.41) is 0.236. The molecule has 2 N–H and O–H groups in total. The molecule has 0 spiro atoms. The van der Waals surface area contributed by atoms with Gasteiger partial charge < -0.3 is 4.98 Å². The Kier molecular flexibility index (Phi) is 3.20. The Morgan fingerprint density at radius 1 is 1.12 bits per heavy atom. The molecule has 7 nitrogen and oxygen atoms in total. The van der Waals surface area contributed by atoms with Crippen molar-refractivity contribution in [1.82, 2.24) is 19.4 Å². The fraction of sp³-hybridized carbons (Fsp3) is 0. The van der Waals surface area contributed by atoms with Crippen LogP contribution in [0, 0.1) is 0 Å². The number of hydrogen-bond donors (Lipinski definition) is 2. The number of aromatic amines is 2. The number of hydrogen-bond acceptors (Lipinski definition) is 4. The zero-order valence-electron chi connectivity index (χ0n) is 12.0. The predicted octanol–water partition coefficient (Wildman–Crippen LogP) is 1.86. The molecule has 0 unspecified atom stereocenters. The van der Waals surface area contributed by atoms with Crippen molar-refractivity contribution in [1.29, 1.82) is 0 Å². The van der Waals surface area contributed by atoms with Gasteiger partial charge in [-0.05, 0) is 46.3 Å². The number of nitrogens with zero attached hydrogens (tertiary/aromatic N) is 2. The van der Waals surface area contributed by atoms with Crippen LogP contribution < -0.4 is 11.2 Å². The highest BCUT2D eigenvalue weighted by molar-refractivity contribution is 9.10. The number of carbonyl (C=O) groups excluding carboxylic acids is 1. The lowest BCUT2D eigenvalue weighted by Gasteiger charge is -2.02. The van der Waals surface area contributed by atoms with Gasteiger partial charge in [0, 0.05) is 11.8 Å². The molecule has 0 amide bonds. The van der Waals surface area contributed by atoms with Crippen LogP contribution in [0.1, 0.15) is 16.2 Å². The van der Waals surface area contributed by atoms with Gasteiger partial charge in [0.15, 0.2) is 5.82 Å². The molecule has 0 radical (unpaired) electrons. The first-order chi connectivity index (χ1) is 11.5. The molecule has 3 heterocycles. The van der Waals surface area contributed by atoms with Crippen LogP contribution in [0.25, 0.3) is 16.4 Å². The van der Waals surface area contributed by atoms with Crippen molar-refractivity contribution in [3.05, 3.63) is 79.4 Å². The molecule has 0 atom stereocenters. The van der Waals surface area contributed by atoms with E-state index in [4.69, 9.17) is 0 Å². The van der Waals surface area contributed by atoms with Crippen LogP contribution in [0.5, 0.6) is 0 Å². The van der Waals surface area contributed by atoms with E-state index in [1.54, 1.807) is 22.7 Å². The van der Waals surface area contributed by atoms with Crippen molar-refractivity contribution in [2.75, 3.05) is 0 Å². The molecule has 4 aromatic rings. The fourth-order valence-corrected chi connectivity index (χ4v) is 3.09. The lowest BCUT2D eigenvalue weighted by atomic mass is 10.1. The summed E-state index contributed by atoms with van der Waals surface area (Å²) in [6, 6.07) is 10.0. The lowest BCUT2D eigenvalue weighted by Crippen LogP contribution is -2.22. The summed E-state index contributed by atoms with van der Waals surface area (Å²) in [6.07, 6.45) is 1.74. The second-order valence-corrected chi connectivity index (χ2v) is 5.93. The SMILES string of the molecule is O=C(c1ccc2[nH]c(=O)[nH]c(=O)c2c1)c1nc(Br)c2ccccn12. The number of carbonyl (C=O) groups is 1. The Bertz CT molecular complexity index is 1240. The third-order valence-corrected chi connectivity index (χ3v) is 4.29. The van der Waals surface area contributed by atoms with Crippen LogP contribution in [-0.2, 0) is 0 Å². The number of rotatable bonds is 2. The maximum absolute atomic E-state index is 12.8. The number of halogens is 1. The first-order valence-corrected chi connectivity index (χ1v) is 7.77. The summed E-state index contributed by atoms with van der Waals surface area (Å²) in [5.41, 5.74) is 0.314. The Hall–Kier alpha value is -3.00. The summed E-state index contributed by atoms with van der Waals surface area (Å²) < 4.78 is 2.24. The summed E-state index contributed by atoms with van der Waals surface area (Å²) in [4.78, 5) is 45.0. The first-order valence-electron chi connectivity index (χ1n) is 6.98. The van der Waals surface area contributed by atoms with Crippen molar-refractivity contribution < 1.29 is 4.79 Å². The van der Waals surface area contributed by atoms with Gasteiger partial charge in [0.1, 0.15) is 4.60 Å². The first kappa shape index (κ1) is 14.6. The second kappa shape index (κ2) is 5.27. The number of fused-ring (bicyclic) bond motifs is 2. The molecule has 3 aromatic heterocycles. The largest absolute Gasteiger partial charge is 0.326 e. The van der Waals surface area contributed by atoms with Crippen molar-refractivity contribution in [2.45, 2.75) is 0 Å². The van der Waals surface area contributed by atoms with Crippen LogP contribution in [0.4, 0.5) is 0 Å². The van der Waals surface area contributed by atoms with E-state index in [9.17, 15) is 14.4 Å². The van der Waals surface area contributed by atoms with Crippen LogP contribution in [0.15, 0.2) is 56.8 Å². The van der Waals surface area contributed by atoms with Crippen molar-refractivity contribution >= 4 is 38.1 Å². The topological polar surface area (TPSA) is 100 Å². The second-order valence-electron chi connectivity index (χ2n) is 5.18. The van der Waals surface area contributed by atoms with Gasteiger partial charge in [0.25, 0.3) is 5.56 Å². The zero-order chi connectivity index (χ0) is 16.8. The number of ketones is 1. The predicted molar refractivity (Wildman–Crippen MR) is 91.5 cm³/mol. The quantitative estimate of drug-likeness (QED) is 0.515. The van der Waals surface area contributed by atoms with Gasteiger partial charge in [-0.15, -0.1) is 0 Å². The zero-order valence-corrected chi connectivity index (χ0v) is 13.6. The third kappa shape index (κ3) is 2.19. The molecule has 0 aliphatic rings. The molecule has 0 fully saturated rings. The molecule has 0 saturated heterocycles. The van der Waals surface area contributed by atoms with Gasteiger partial charge in [-0.1, -0.05) is 6.07 Å². The Labute approximate surface area is 142 Å². The van der Waals surface area contributed by atoms with Gasteiger partial charge in [-0.25, -0.2) is 9.78 Å². The molecule has 24 heavy (non-hydrogen) atoms. The van der Waals surface area contributed by atoms with E-state index in [0.717, 1.165) is 5.52 Å². The lowest BCUT2D eigenvalue weighted by molar-refractivity contribution is 0.102. The molecule has 0 bridgehead atoms. The number of nitrogens with one attached hydrogen (secondary N) is 2. The number of H-pyrrole nitrogens is 2. The molecular weight excluding hydrogens is 376 g/mol. The minimum atomic E-state index is -0.588. The number of aromatic nitrogens is 4. The van der Waals surface area contributed by atoms with Crippen molar-refractivity contribution in [2.24, 2.45) is 0 Å². The highest BCUT2D eigenvalue weighted by Crippen LogP contribution is 2.21. The van der Waals surface area contributed by atoms with Gasteiger partial charge >= 0.3 is 5.69 Å². The molecule has 0 saturated carbocycles.